The van der Waals surface area contributed by atoms with Crippen molar-refractivity contribution in [2.75, 3.05) is 6.54 Å². The number of nitriles is 1. The van der Waals surface area contributed by atoms with Crippen LogP contribution in [-0.4, -0.2) is 29.4 Å². The van der Waals surface area contributed by atoms with Crippen LogP contribution in [0.15, 0.2) is 0 Å². The topological polar surface area (TPSA) is 70.1 Å². The predicted octanol–water partition coefficient (Wildman–Crippen LogP) is 2.19. The quantitative estimate of drug-likeness (QED) is 0.845. The lowest BCUT2D eigenvalue weighted by molar-refractivity contribution is -0.131. The van der Waals surface area contributed by atoms with Crippen molar-refractivity contribution >= 4 is 5.91 Å². The molecule has 0 spiro atoms. The zero-order chi connectivity index (χ0) is 13.7. The normalized spacial score (nSPS) is 26.1. The molecule has 106 valence electrons. The van der Waals surface area contributed by atoms with Crippen LogP contribution in [0.5, 0.6) is 0 Å². The number of hydrogen-bond donors (Lipinski definition) is 1. The van der Waals surface area contributed by atoms with E-state index >= 15 is 0 Å². The third-order valence-electron chi connectivity index (χ3n) is 4.52. The first-order chi connectivity index (χ1) is 9.20. The molecular weight excluding hydrogens is 238 g/mol. The molecule has 0 aromatic rings. The van der Waals surface area contributed by atoms with Gasteiger partial charge in [0, 0.05) is 19.0 Å². The lowest BCUT2D eigenvalue weighted by atomic mass is 9.84. The van der Waals surface area contributed by atoms with Crippen molar-refractivity contribution in [3.05, 3.63) is 0 Å². The molecule has 1 heterocycles. The summed E-state index contributed by atoms with van der Waals surface area (Å²) < 4.78 is 0. The molecule has 19 heavy (non-hydrogen) atoms. The van der Waals surface area contributed by atoms with E-state index in [2.05, 4.69) is 6.07 Å². The molecular formula is C15H25N3O. The van der Waals surface area contributed by atoms with Gasteiger partial charge < -0.3 is 10.6 Å². The Morgan fingerprint density at radius 1 is 1.26 bits per heavy atom. The number of nitrogens with two attached hydrogens (primary N) is 1. The SMILES string of the molecule is N#CC1CCCN1C(=O)CC(N)CC1CCCCC1. The summed E-state index contributed by atoms with van der Waals surface area (Å²) in [6.45, 7) is 0.729. The second-order valence-electron chi connectivity index (χ2n) is 6.08. The molecule has 2 atom stereocenters. The van der Waals surface area contributed by atoms with E-state index in [0.717, 1.165) is 25.8 Å². The highest BCUT2D eigenvalue weighted by molar-refractivity contribution is 5.77. The first-order valence-corrected chi connectivity index (χ1v) is 7.65. The van der Waals surface area contributed by atoms with E-state index in [-0.39, 0.29) is 18.0 Å². The molecule has 2 N–H and O–H groups in total. The molecule has 2 fully saturated rings. The zero-order valence-corrected chi connectivity index (χ0v) is 11.7. The Morgan fingerprint density at radius 2 is 2.00 bits per heavy atom. The van der Waals surface area contributed by atoms with Crippen molar-refractivity contribution in [1.29, 1.82) is 5.26 Å². The van der Waals surface area contributed by atoms with Crippen LogP contribution in [-0.2, 0) is 4.79 Å². The van der Waals surface area contributed by atoms with E-state index in [1.165, 1.54) is 32.1 Å². The summed E-state index contributed by atoms with van der Waals surface area (Å²) >= 11 is 0. The number of amides is 1. The predicted molar refractivity (Wildman–Crippen MR) is 74.1 cm³/mol. The van der Waals surface area contributed by atoms with Crippen molar-refractivity contribution in [2.24, 2.45) is 11.7 Å². The van der Waals surface area contributed by atoms with Gasteiger partial charge in [0.1, 0.15) is 6.04 Å². The van der Waals surface area contributed by atoms with Gasteiger partial charge in [-0.15, -0.1) is 0 Å². The van der Waals surface area contributed by atoms with Gasteiger partial charge in [-0.05, 0) is 25.2 Å². The van der Waals surface area contributed by atoms with Gasteiger partial charge in [-0.2, -0.15) is 5.26 Å². The molecule has 0 bridgehead atoms. The minimum Gasteiger partial charge on any atom is -0.327 e. The molecule has 2 rings (SSSR count). The van der Waals surface area contributed by atoms with Gasteiger partial charge in [0.15, 0.2) is 0 Å². The standard InChI is InChI=1S/C15H25N3O/c16-11-14-7-4-8-18(14)15(19)10-13(17)9-12-5-2-1-3-6-12/h12-14H,1-10,17H2. The number of likely N-dealkylation sites (tertiary alicyclic amines) is 1. The van der Waals surface area contributed by atoms with E-state index in [0.29, 0.717) is 12.3 Å². The van der Waals surface area contributed by atoms with E-state index in [9.17, 15) is 4.79 Å². The minimum atomic E-state index is -0.214. The molecule has 1 aliphatic carbocycles. The van der Waals surface area contributed by atoms with Gasteiger partial charge in [-0.25, -0.2) is 0 Å². The molecule has 4 nitrogen and oxygen atoms in total. The highest BCUT2D eigenvalue weighted by atomic mass is 16.2. The Hall–Kier alpha value is -1.08. The van der Waals surface area contributed by atoms with Crippen LogP contribution >= 0.6 is 0 Å². The summed E-state index contributed by atoms with van der Waals surface area (Å²) in [6.07, 6.45) is 9.66. The average molecular weight is 263 g/mol. The number of carbonyl (C=O) groups excluding carboxylic acids is 1. The van der Waals surface area contributed by atoms with Gasteiger partial charge in [0.05, 0.1) is 6.07 Å². The molecule has 0 aromatic carbocycles. The summed E-state index contributed by atoms with van der Waals surface area (Å²) in [5, 5.41) is 9.01. The van der Waals surface area contributed by atoms with Crippen molar-refractivity contribution in [3.63, 3.8) is 0 Å². The molecule has 1 saturated heterocycles. The van der Waals surface area contributed by atoms with Crippen LogP contribution in [0.3, 0.4) is 0 Å². The van der Waals surface area contributed by atoms with Gasteiger partial charge in [0.25, 0.3) is 0 Å². The summed E-state index contributed by atoms with van der Waals surface area (Å²) in [4.78, 5) is 13.9. The molecule has 4 heteroatoms. The van der Waals surface area contributed by atoms with Crippen molar-refractivity contribution in [2.45, 2.75) is 69.9 Å². The minimum absolute atomic E-state index is 0.0319. The second-order valence-corrected chi connectivity index (χ2v) is 6.08. The molecule has 1 aliphatic heterocycles. The van der Waals surface area contributed by atoms with Gasteiger partial charge in [-0.3, -0.25) is 4.79 Å². The second kappa shape index (κ2) is 6.91. The van der Waals surface area contributed by atoms with Gasteiger partial charge >= 0.3 is 0 Å². The summed E-state index contributed by atoms with van der Waals surface area (Å²) in [6, 6.07) is 1.97. The Kier molecular flexibility index (Phi) is 5.21. The fourth-order valence-electron chi connectivity index (χ4n) is 3.48. The van der Waals surface area contributed by atoms with E-state index in [1.54, 1.807) is 4.90 Å². The first-order valence-electron chi connectivity index (χ1n) is 7.65. The van der Waals surface area contributed by atoms with Crippen molar-refractivity contribution in [1.82, 2.24) is 4.90 Å². The fraction of sp³-hybridized carbons (Fsp3) is 0.867. The zero-order valence-electron chi connectivity index (χ0n) is 11.7. The highest BCUT2D eigenvalue weighted by Gasteiger charge is 2.29. The largest absolute Gasteiger partial charge is 0.327 e. The summed E-state index contributed by atoms with van der Waals surface area (Å²) in [7, 11) is 0. The Balaban J connectivity index is 1.76. The third-order valence-corrected chi connectivity index (χ3v) is 4.52. The lowest BCUT2D eigenvalue weighted by Crippen LogP contribution is -2.39. The van der Waals surface area contributed by atoms with Crippen molar-refractivity contribution in [3.8, 4) is 6.07 Å². The number of carbonyl (C=O) groups is 1. The monoisotopic (exact) mass is 263 g/mol. The van der Waals surface area contributed by atoms with E-state index < -0.39 is 0 Å². The van der Waals surface area contributed by atoms with E-state index in [1.807, 2.05) is 0 Å². The average Bonchev–Trinajstić information content (AvgIpc) is 2.88. The molecule has 0 aromatic heterocycles. The molecule has 1 saturated carbocycles. The molecule has 0 radical (unpaired) electrons. The summed E-state index contributed by atoms with van der Waals surface area (Å²) in [5.74, 6) is 0.786. The Morgan fingerprint density at radius 3 is 2.68 bits per heavy atom. The Labute approximate surface area is 115 Å². The maximum absolute atomic E-state index is 12.2. The lowest BCUT2D eigenvalue weighted by Gasteiger charge is -2.26. The van der Waals surface area contributed by atoms with Crippen molar-refractivity contribution < 1.29 is 4.79 Å². The van der Waals surface area contributed by atoms with Crippen LogP contribution in [0.1, 0.15) is 57.8 Å². The molecule has 2 unspecified atom stereocenters. The molecule has 1 amide bonds. The van der Waals surface area contributed by atoms with Crippen LogP contribution in [0.2, 0.25) is 0 Å². The third kappa shape index (κ3) is 3.94. The van der Waals surface area contributed by atoms with Gasteiger partial charge in [0.2, 0.25) is 5.91 Å². The molecule has 2 aliphatic rings. The van der Waals surface area contributed by atoms with Crippen LogP contribution in [0, 0.1) is 17.2 Å². The summed E-state index contributed by atoms with van der Waals surface area (Å²) in [5.41, 5.74) is 6.13. The first kappa shape index (κ1) is 14.3. The number of hydrogen-bond acceptors (Lipinski definition) is 3. The highest BCUT2D eigenvalue weighted by Crippen LogP contribution is 2.28. The van der Waals surface area contributed by atoms with E-state index in [4.69, 9.17) is 11.0 Å². The van der Waals surface area contributed by atoms with Crippen LogP contribution in [0.4, 0.5) is 0 Å². The van der Waals surface area contributed by atoms with Gasteiger partial charge in [-0.1, -0.05) is 32.1 Å². The smallest absolute Gasteiger partial charge is 0.225 e. The number of rotatable bonds is 4. The van der Waals surface area contributed by atoms with Crippen LogP contribution < -0.4 is 5.73 Å². The number of nitrogens with zero attached hydrogens (tertiary/aromatic N) is 2. The van der Waals surface area contributed by atoms with Crippen LogP contribution in [0.25, 0.3) is 0 Å². The maximum Gasteiger partial charge on any atom is 0.225 e. The Bertz CT molecular complexity index is 344. The fourth-order valence-corrected chi connectivity index (χ4v) is 3.48. The maximum atomic E-state index is 12.2.